The molecule has 2 aromatic rings. The molecule has 164 valence electrons. The second-order valence-electron chi connectivity index (χ2n) is 7.79. The van der Waals surface area contributed by atoms with Crippen molar-refractivity contribution in [2.45, 2.75) is 34.4 Å². The molecular formula is C18H18N4O6S3. The second kappa shape index (κ2) is 7.29. The molecule has 3 amide bonds. The van der Waals surface area contributed by atoms with Crippen molar-refractivity contribution in [3.05, 3.63) is 38.8 Å². The first kappa shape index (κ1) is 21.7. The van der Waals surface area contributed by atoms with Crippen LogP contribution in [0.1, 0.15) is 18.7 Å². The molecule has 0 aliphatic carbocycles. The van der Waals surface area contributed by atoms with Crippen molar-refractivity contribution in [3.63, 3.8) is 0 Å². The van der Waals surface area contributed by atoms with Gasteiger partial charge in [0.1, 0.15) is 11.8 Å². The van der Waals surface area contributed by atoms with Crippen molar-refractivity contribution in [1.82, 2.24) is 9.88 Å². The van der Waals surface area contributed by atoms with Gasteiger partial charge in [0, 0.05) is 16.0 Å². The van der Waals surface area contributed by atoms with E-state index in [1.165, 1.54) is 24.3 Å². The molecule has 0 saturated carbocycles. The third-order valence-corrected chi connectivity index (χ3v) is 8.89. The Morgan fingerprint density at radius 2 is 1.84 bits per heavy atom. The summed E-state index contributed by atoms with van der Waals surface area (Å²) < 4.78 is 22.6. The Kier molecular flexibility index (Phi) is 5.11. The molecule has 4 rings (SSSR count). The molecule has 3 heterocycles. The molecule has 1 fully saturated rings. The van der Waals surface area contributed by atoms with Gasteiger partial charge in [-0.15, -0.1) is 0 Å². The van der Waals surface area contributed by atoms with Gasteiger partial charge in [0.15, 0.2) is 0 Å². The summed E-state index contributed by atoms with van der Waals surface area (Å²) >= 11 is 2.17. The smallest absolute Gasteiger partial charge is 0.305 e. The van der Waals surface area contributed by atoms with Crippen molar-refractivity contribution < 1.29 is 22.8 Å². The van der Waals surface area contributed by atoms with Crippen LogP contribution in [0, 0.1) is 5.92 Å². The third-order valence-electron chi connectivity index (χ3n) is 5.34. The van der Waals surface area contributed by atoms with Crippen LogP contribution < -0.4 is 15.3 Å². The molecule has 1 saturated heterocycles. The van der Waals surface area contributed by atoms with Gasteiger partial charge in [0.25, 0.3) is 0 Å². The number of nitrogens with one attached hydrogen (secondary N) is 2. The Bertz CT molecular complexity index is 1260. The Labute approximate surface area is 185 Å². The number of nitrogens with two attached hydrogens (primary N) is 1. The van der Waals surface area contributed by atoms with Crippen molar-refractivity contribution in [2.75, 3.05) is 11.9 Å². The highest BCUT2D eigenvalue weighted by Gasteiger charge is 2.59. The number of aromatic nitrogens is 1. The van der Waals surface area contributed by atoms with E-state index in [-0.39, 0.29) is 9.77 Å². The van der Waals surface area contributed by atoms with Gasteiger partial charge < -0.3 is 10.3 Å². The molecule has 0 spiro atoms. The number of H-pyrrole nitrogens is 1. The van der Waals surface area contributed by atoms with Crippen LogP contribution in [-0.2, 0) is 29.8 Å². The molecule has 10 nitrogen and oxygen atoms in total. The predicted octanol–water partition coefficient (Wildman–Crippen LogP) is 0.459. The van der Waals surface area contributed by atoms with Crippen molar-refractivity contribution in [1.29, 1.82) is 0 Å². The molecule has 4 N–H and O–H groups in total. The first-order chi connectivity index (χ1) is 14.4. The number of carbonyl (C=O) groups is 3. The maximum Gasteiger partial charge on any atom is 0.305 e. The fraction of sp³-hybridized carbons (Fsp3) is 0.333. The average molecular weight is 483 g/mol. The molecular weight excluding hydrogens is 464 g/mol. The summed E-state index contributed by atoms with van der Waals surface area (Å²) in [6.45, 7) is 3.16. The van der Waals surface area contributed by atoms with E-state index in [4.69, 9.17) is 5.14 Å². The Morgan fingerprint density at radius 3 is 2.45 bits per heavy atom. The second-order valence-corrected chi connectivity index (χ2v) is 11.5. The van der Waals surface area contributed by atoms with E-state index >= 15 is 0 Å². The number of aromatic amines is 1. The maximum atomic E-state index is 13.1. The number of sulfonamides is 1. The molecule has 1 aromatic heterocycles. The number of thiazole rings is 1. The highest BCUT2D eigenvalue weighted by Crippen LogP contribution is 2.52. The van der Waals surface area contributed by atoms with Gasteiger partial charge >= 0.3 is 4.87 Å². The summed E-state index contributed by atoms with van der Waals surface area (Å²) in [4.78, 5) is 54.3. The molecule has 2 aliphatic rings. The number of rotatable bonds is 4. The van der Waals surface area contributed by atoms with Crippen LogP contribution in [0.3, 0.4) is 0 Å². The molecule has 0 radical (unpaired) electrons. The van der Waals surface area contributed by atoms with Crippen LogP contribution in [0.2, 0.25) is 0 Å². The normalized spacial score (nSPS) is 22.2. The lowest BCUT2D eigenvalue weighted by atomic mass is 9.76. The minimum Gasteiger partial charge on any atom is -0.325 e. The molecule has 0 bridgehead atoms. The summed E-state index contributed by atoms with van der Waals surface area (Å²) in [5.74, 6) is -2.23. The largest absolute Gasteiger partial charge is 0.325 e. The number of anilines is 1. The van der Waals surface area contributed by atoms with Crippen LogP contribution in [0.25, 0.3) is 0 Å². The quantitative estimate of drug-likeness (QED) is 0.534. The van der Waals surface area contributed by atoms with Crippen molar-refractivity contribution >= 4 is 56.5 Å². The average Bonchev–Trinajstić information content (AvgIpc) is 3.15. The number of fused-ring (bicyclic) bond motifs is 2. The minimum atomic E-state index is -3.86. The monoisotopic (exact) mass is 482 g/mol. The number of primary sulfonamides is 1. The van der Waals surface area contributed by atoms with Crippen molar-refractivity contribution in [3.8, 4) is 0 Å². The Hall–Kier alpha value is -2.48. The third kappa shape index (κ3) is 3.71. The van der Waals surface area contributed by atoms with Crippen LogP contribution in [-0.4, -0.2) is 47.8 Å². The van der Waals surface area contributed by atoms with Crippen LogP contribution in [0.5, 0.6) is 0 Å². The van der Waals surface area contributed by atoms with Gasteiger partial charge in [0.05, 0.1) is 15.8 Å². The number of benzene rings is 1. The molecule has 2 atom stereocenters. The number of nitrogens with zero attached hydrogens (tertiary/aromatic N) is 1. The summed E-state index contributed by atoms with van der Waals surface area (Å²) in [5, 5.41) is 7.45. The fourth-order valence-corrected chi connectivity index (χ4v) is 7.14. The minimum absolute atomic E-state index is 0.107. The van der Waals surface area contributed by atoms with E-state index in [0.29, 0.717) is 10.7 Å². The highest BCUT2D eigenvalue weighted by atomic mass is 32.2. The number of amides is 3. The SMILES string of the molecule is CC1(C)c2sc(=O)[nH]c2S[C@H]2C(=O)N(CC(=O)Nc3ccc(S(N)(=O)=O)cc3)C(=O)[C@H]21. The zero-order valence-electron chi connectivity index (χ0n) is 16.4. The molecule has 13 heteroatoms. The first-order valence-corrected chi connectivity index (χ1v) is 12.3. The highest BCUT2D eigenvalue weighted by molar-refractivity contribution is 8.00. The van der Waals surface area contributed by atoms with Crippen LogP contribution in [0.15, 0.2) is 39.0 Å². The van der Waals surface area contributed by atoms with Crippen molar-refractivity contribution in [2.24, 2.45) is 11.1 Å². The first-order valence-electron chi connectivity index (χ1n) is 9.08. The van der Waals surface area contributed by atoms with Crippen LogP contribution in [0.4, 0.5) is 5.69 Å². The van der Waals surface area contributed by atoms with E-state index in [0.717, 1.165) is 32.9 Å². The summed E-state index contributed by atoms with van der Waals surface area (Å²) in [5.41, 5.74) is -0.445. The lowest BCUT2D eigenvalue weighted by Gasteiger charge is -2.36. The zero-order valence-corrected chi connectivity index (χ0v) is 18.8. The Balaban J connectivity index is 1.51. The molecule has 31 heavy (non-hydrogen) atoms. The molecule has 2 aliphatic heterocycles. The number of carbonyl (C=O) groups excluding carboxylic acids is 3. The van der Waals surface area contributed by atoms with Gasteiger partial charge in [-0.2, -0.15) is 0 Å². The van der Waals surface area contributed by atoms with Gasteiger partial charge in [-0.1, -0.05) is 36.9 Å². The van der Waals surface area contributed by atoms with Gasteiger partial charge in [-0.25, -0.2) is 13.6 Å². The zero-order chi connectivity index (χ0) is 22.7. The van der Waals surface area contributed by atoms with Gasteiger partial charge in [-0.3, -0.25) is 24.1 Å². The number of hydrogen-bond acceptors (Lipinski definition) is 8. The summed E-state index contributed by atoms with van der Waals surface area (Å²) in [6.07, 6.45) is 0. The number of imide groups is 1. The Morgan fingerprint density at radius 1 is 1.19 bits per heavy atom. The van der Waals surface area contributed by atoms with E-state index in [9.17, 15) is 27.6 Å². The standard InChI is InChI=1S/C18H18N4O6S3/c1-18(2)11-12(29-14-13(18)30-17(26)21-14)16(25)22(15(11)24)7-10(23)20-8-3-5-9(6-4-8)31(19,27)28/h3-6,11-12H,7H2,1-2H3,(H,20,23)(H,21,26)(H2,19,27,28)/t11-,12+/m0/s1. The van der Waals surface area contributed by atoms with Gasteiger partial charge in [0.2, 0.25) is 27.7 Å². The number of hydrogen-bond donors (Lipinski definition) is 3. The van der Waals surface area contributed by atoms with E-state index < -0.39 is 50.9 Å². The van der Waals surface area contributed by atoms with E-state index in [1.807, 2.05) is 13.8 Å². The fourth-order valence-electron chi connectivity index (χ4n) is 3.82. The topological polar surface area (TPSA) is 160 Å². The van der Waals surface area contributed by atoms with Crippen LogP contribution >= 0.6 is 23.1 Å². The van der Waals surface area contributed by atoms with Gasteiger partial charge in [-0.05, 0) is 24.3 Å². The maximum absolute atomic E-state index is 13.1. The molecule has 1 aromatic carbocycles. The lowest BCUT2D eigenvalue weighted by Crippen LogP contribution is -2.42. The van der Waals surface area contributed by atoms with E-state index in [1.54, 1.807) is 0 Å². The lowest BCUT2D eigenvalue weighted by molar-refractivity contribution is -0.142. The summed E-state index contributed by atoms with van der Waals surface area (Å²) in [7, 11) is -3.86. The predicted molar refractivity (Wildman–Crippen MR) is 114 cm³/mol. The number of likely N-dealkylation sites (tertiary alicyclic amines) is 1. The molecule has 0 unspecified atom stereocenters. The van der Waals surface area contributed by atoms with E-state index in [2.05, 4.69) is 10.3 Å². The number of thioether (sulfide) groups is 1. The summed E-state index contributed by atoms with van der Waals surface area (Å²) in [6, 6.07) is 5.20.